The van der Waals surface area contributed by atoms with E-state index < -0.39 is 24.0 Å². The lowest BCUT2D eigenvalue weighted by Gasteiger charge is -2.60. The molecule has 2 saturated heterocycles. The molecule has 6 aliphatic rings. The molecule has 7 unspecified atom stereocenters. The van der Waals surface area contributed by atoms with Crippen molar-refractivity contribution in [2.45, 2.75) is 133 Å². The maximum atomic E-state index is 15.2. The van der Waals surface area contributed by atoms with Gasteiger partial charge in [-0.2, -0.15) is 0 Å². The van der Waals surface area contributed by atoms with Gasteiger partial charge in [0.15, 0.2) is 0 Å². The molecule has 0 bridgehead atoms. The number of nitrogens with zero attached hydrogens (tertiary/aromatic N) is 3. The number of carbonyl (C=O) groups is 1. The Morgan fingerprint density at radius 3 is 2.49 bits per heavy atom. The van der Waals surface area contributed by atoms with Crippen LogP contribution in [0.2, 0.25) is 0 Å². The third-order valence-electron chi connectivity index (χ3n) is 14.5. The minimum Gasteiger partial charge on any atom is -0.492 e. The van der Waals surface area contributed by atoms with Crippen LogP contribution < -0.4 is 9.47 Å². The summed E-state index contributed by atoms with van der Waals surface area (Å²) in [5.74, 6) is -0.124. The second kappa shape index (κ2) is 21.9. The molecular weight excluding hydrogens is 802 g/mol. The van der Waals surface area contributed by atoms with Crippen molar-refractivity contribution >= 4 is 11.6 Å². The van der Waals surface area contributed by atoms with E-state index in [9.17, 15) is 14.6 Å². The average Bonchev–Trinajstić information content (AvgIpc) is 3.98. The van der Waals surface area contributed by atoms with Crippen molar-refractivity contribution in [2.24, 2.45) is 28.8 Å². The van der Waals surface area contributed by atoms with Crippen LogP contribution in [0, 0.1) is 29.5 Å². The van der Waals surface area contributed by atoms with E-state index >= 15 is 4.79 Å². The molecule has 3 aliphatic carbocycles. The smallest absolute Gasteiger partial charge is 0.239 e. The van der Waals surface area contributed by atoms with E-state index in [1.807, 2.05) is 17.0 Å². The van der Waals surface area contributed by atoms with Crippen LogP contribution in [0.1, 0.15) is 120 Å². The number of hydrogen-bond donors (Lipinski definition) is 2. The van der Waals surface area contributed by atoms with Gasteiger partial charge >= 0.3 is 0 Å². The highest BCUT2D eigenvalue weighted by Crippen LogP contribution is 2.62. The quantitative estimate of drug-likeness (QED) is 0.0489. The molecule has 4 fully saturated rings. The Labute approximate surface area is 373 Å². The lowest BCUT2D eigenvalue weighted by Crippen LogP contribution is -2.70. The molecule has 0 radical (unpaired) electrons. The summed E-state index contributed by atoms with van der Waals surface area (Å²) in [5.41, 5.74) is 3.57. The third kappa shape index (κ3) is 11.0. The number of amides is 1. The van der Waals surface area contributed by atoms with Crippen LogP contribution in [-0.2, 0) is 25.7 Å². The van der Waals surface area contributed by atoms with Crippen LogP contribution in [0.3, 0.4) is 0 Å². The molecule has 8 rings (SSSR count). The van der Waals surface area contributed by atoms with Crippen molar-refractivity contribution in [3.63, 3.8) is 0 Å². The molecule has 0 aromatic heterocycles. The SMILES string of the molecule is C=CCOC12Oc3ccc(OCCN4CC4)cc3C3C(CCCCO)C(CCCCO)C=C(C(=NOC4CCCCO4)CC1N(Cc1ccc(F)cc1)C(=O)CCC1CCCC1)C32. The predicted octanol–water partition coefficient (Wildman–Crippen LogP) is 8.68. The predicted molar refractivity (Wildman–Crippen MR) is 240 cm³/mol. The van der Waals surface area contributed by atoms with Gasteiger partial charge in [0.05, 0.1) is 24.8 Å². The fourth-order valence-electron chi connectivity index (χ4n) is 11.2. The van der Waals surface area contributed by atoms with Gasteiger partial charge in [-0.1, -0.05) is 68.0 Å². The summed E-state index contributed by atoms with van der Waals surface area (Å²) >= 11 is 0. The zero-order valence-electron chi connectivity index (χ0n) is 37.2. The van der Waals surface area contributed by atoms with Gasteiger partial charge in [0.1, 0.15) is 30.0 Å². The third-order valence-corrected chi connectivity index (χ3v) is 14.5. The number of carbonyl (C=O) groups excluding carboxylic acids is 1. The summed E-state index contributed by atoms with van der Waals surface area (Å²) in [6, 6.07) is 11.9. The highest BCUT2D eigenvalue weighted by atomic mass is 19.1. The molecule has 344 valence electrons. The summed E-state index contributed by atoms with van der Waals surface area (Å²) in [6.45, 7) is 8.99. The molecule has 2 aromatic carbocycles. The van der Waals surface area contributed by atoms with Crippen LogP contribution in [0.15, 0.2) is 71.9 Å². The Bertz CT molecular complexity index is 1880. The van der Waals surface area contributed by atoms with E-state index in [2.05, 4.69) is 23.6 Å². The van der Waals surface area contributed by atoms with Gasteiger partial charge in [-0.05, 0) is 104 Å². The Morgan fingerprint density at radius 1 is 0.984 bits per heavy atom. The summed E-state index contributed by atoms with van der Waals surface area (Å²) in [4.78, 5) is 25.8. The molecule has 11 nitrogen and oxygen atoms in total. The maximum absolute atomic E-state index is 15.2. The number of unbranched alkanes of at least 4 members (excludes halogenated alkanes) is 2. The Kier molecular flexibility index (Phi) is 15.9. The first-order valence-corrected chi connectivity index (χ1v) is 24.2. The van der Waals surface area contributed by atoms with Crippen LogP contribution >= 0.6 is 0 Å². The first-order valence-electron chi connectivity index (χ1n) is 24.2. The number of hydrogen-bond acceptors (Lipinski definition) is 10. The van der Waals surface area contributed by atoms with Crippen LogP contribution in [0.4, 0.5) is 4.39 Å². The molecule has 7 atom stereocenters. The molecule has 2 aromatic rings. The fraction of sp³-hybridized carbons (Fsp3) is 0.647. The summed E-state index contributed by atoms with van der Waals surface area (Å²) in [6.07, 6.45) is 17.2. The lowest BCUT2D eigenvalue weighted by molar-refractivity contribution is -0.258. The van der Waals surface area contributed by atoms with Crippen LogP contribution in [0.5, 0.6) is 11.5 Å². The number of oxime groups is 1. The molecule has 2 saturated carbocycles. The van der Waals surface area contributed by atoms with E-state index in [1.54, 1.807) is 18.2 Å². The number of ether oxygens (including phenoxy) is 4. The molecular formula is C51H70FN3O8. The van der Waals surface area contributed by atoms with Gasteiger partial charge in [-0.15, -0.1) is 6.58 Å². The van der Waals surface area contributed by atoms with Gasteiger partial charge in [-0.25, -0.2) is 4.39 Å². The van der Waals surface area contributed by atoms with Crippen molar-refractivity contribution < 1.29 is 43.2 Å². The zero-order valence-corrected chi connectivity index (χ0v) is 37.2. The van der Waals surface area contributed by atoms with Gasteiger partial charge < -0.3 is 38.9 Å². The summed E-state index contributed by atoms with van der Waals surface area (Å²) in [5, 5.41) is 25.0. The number of aliphatic hydroxyl groups is 2. The average molecular weight is 872 g/mol. The van der Waals surface area contributed by atoms with E-state index in [4.69, 9.17) is 28.9 Å². The van der Waals surface area contributed by atoms with Crippen molar-refractivity contribution in [3.05, 3.63) is 83.7 Å². The first kappa shape index (κ1) is 45.7. The summed E-state index contributed by atoms with van der Waals surface area (Å²) < 4.78 is 41.6. The molecule has 63 heavy (non-hydrogen) atoms. The Hall–Kier alpha value is -3.81. The van der Waals surface area contributed by atoms with Crippen LogP contribution in [-0.4, -0.2) is 102 Å². The Morgan fingerprint density at radius 2 is 1.76 bits per heavy atom. The number of aliphatic hydroxyl groups excluding tert-OH is 2. The lowest BCUT2D eigenvalue weighted by atomic mass is 9.55. The normalized spacial score (nSPS) is 28.4. The molecule has 12 heteroatoms. The van der Waals surface area contributed by atoms with Gasteiger partial charge in [0.2, 0.25) is 18.0 Å². The molecule has 2 N–H and O–H groups in total. The zero-order chi connectivity index (χ0) is 43.6. The van der Waals surface area contributed by atoms with Gasteiger partial charge in [-0.3, -0.25) is 9.69 Å². The van der Waals surface area contributed by atoms with Gasteiger partial charge in [0, 0.05) is 70.1 Å². The fourth-order valence-corrected chi connectivity index (χ4v) is 11.2. The first-order chi connectivity index (χ1) is 30.9. The molecule has 3 heterocycles. The Balaban J connectivity index is 1.29. The van der Waals surface area contributed by atoms with Crippen LogP contribution in [0.25, 0.3) is 0 Å². The minimum atomic E-state index is -1.38. The number of benzene rings is 2. The van der Waals surface area contributed by atoms with Crippen molar-refractivity contribution in [2.75, 3.05) is 52.7 Å². The highest BCUT2D eigenvalue weighted by molar-refractivity contribution is 6.03. The molecule has 0 spiro atoms. The molecule has 1 amide bonds. The standard InChI is InChI=1S/C51H70FN3O8/c1-2-29-61-51-46(55(35-37-16-19-39(52)20-17-37)47(58)23-18-36-11-3-4-12-36)34-44(53-63-48-15-7-10-30-60-48)42-32-38(13-5-8-27-56)41(14-6-9-28-57)49(50(42)51)43-33-40(21-22-45(43)62-51)59-31-26-54-24-25-54/h2,16-17,19-22,32-33,36,38,41,46,48-50,56-57H,1,3-15,18,23-31,34-35H2. The highest BCUT2D eigenvalue weighted by Gasteiger charge is 2.65. The van der Waals surface area contributed by atoms with E-state index in [1.165, 1.54) is 25.0 Å². The minimum absolute atomic E-state index is 0.000558. The number of allylic oxidation sites excluding steroid dienone is 1. The van der Waals surface area contributed by atoms with Crippen molar-refractivity contribution in [1.82, 2.24) is 9.80 Å². The monoisotopic (exact) mass is 872 g/mol. The van der Waals surface area contributed by atoms with E-state index in [0.717, 1.165) is 112 Å². The van der Waals surface area contributed by atoms with Gasteiger partial charge in [0.25, 0.3) is 0 Å². The second-order valence-electron chi connectivity index (χ2n) is 18.7. The molecule has 3 aliphatic heterocycles. The number of halogens is 1. The topological polar surface area (TPSA) is 122 Å². The van der Waals surface area contributed by atoms with E-state index in [0.29, 0.717) is 50.6 Å². The second-order valence-corrected chi connectivity index (χ2v) is 18.7. The van der Waals surface area contributed by atoms with Crippen molar-refractivity contribution in [3.8, 4) is 11.5 Å². The summed E-state index contributed by atoms with van der Waals surface area (Å²) in [7, 11) is 0. The largest absolute Gasteiger partial charge is 0.492 e. The van der Waals surface area contributed by atoms with Crippen molar-refractivity contribution in [1.29, 1.82) is 0 Å². The number of fused-ring (bicyclic) bond motifs is 2. The van der Waals surface area contributed by atoms with E-state index in [-0.39, 0.29) is 55.8 Å². The maximum Gasteiger partial charge on any atom is 0.239 e. The number of rotatable bonds is 23.